The van der Waals surface area contributed by atoms with E-state index in [0.717, 1.165) is 11.3 Å². The molecule has 3 rings (SSSR count). The zero-order valence-corrected chi connectivity index (χ0v) is 14.8. The van der Waals surface area contributed by atoms with Gasteiger partial charge in [0, 0.05) is 5.56 Å². The molecule has 0 radical (unpaired) electrons. The molecule has 126 valence electrons. The maximum absolute atomic E-state index is 11.8. The lowest BCUT2D eigenvalue weighted by Gasteiger charge is -2.18. The maximum atomic E-state index is 11.8. The minimum atomic E-state index is -0.568. The number of benzene rings is 1. The fourth-order valence-corrected chi connectivity index (χ4v) is 2.96. The standard InChI is InChI=1S/C18H16N4O2S/c1-18(2,3)24-17(23)22-16-21-14-9-8-13(20-15(14)25-16)12-6-4-11(10-19)5-7-12/h4-9H,1-3H3,(H,21,22,23). The highest BCUT2D eigenvalue weighted by Gasteiger charge is 2.17. The molecular weight excluding hydrogens is 336 g/mol. The number of hydrogen-bond donors (Lipinski definition) is 1. The van der Waals surface area contributed by atoms with Crippen LogP contribution in [0.15, 0.2) is 36.4 Å². The Kier molecular flexibility index (Phi) is 4.38. The van der Waals surface area contributed by atoms with Crippen LogP contribution in [0.4, 0.5) is 9.93 Å². The number of thiazole rings is 1. The number of anilines is 1. The summed E-state index contributed by atoms with van der Waals surface area (Å²) in [5.74, 6) is 0. The van der Waals surface area contributed by atoms with Crippen molar-refractivity contribution in [3.63, 3.8) is 0 Å². The smallest absolute Gasteiger partial charge is 0.413 e. The molecule has 1 amide bonds. The van der Waals surface area contributed by atoms with E-state index in [1.165, 1.54) is 11.3 Å². The summed E-state index contributed by atoms with van der Waals surface area (Å²) in [6.45, 7) is 5.41. The van der Waals surface area contributed by atoms with Crippen LogP contribution >= 0.6 is 11.3 Å². The summed E-state index contributed by atoms with van der Waals surface area (Å²) in [4.78, 5) is 21.5. The molecule has 7 heteroatoms. The topological polar surface area (TPSA) is 87.9 Å². The number of carbonyl (C=O) groups is 1. The van der Waals surface area contributed by atoms with Gasteiger partial charge in [-0.2, -0.15) is 5.26 Å². The van der Waals surface area contributed by atoms with Crippen molar-refractivity contribution in [2.75, 3.05) is 5.32 Å². The van der Waals surface area contributed by atoms with Crippen molar-refractivity contribution in [1.82, 2.24) is 9.97 Å². The molecular formula is C18H16N4O2S. The van der Waals surface area contributed by atoms with E-state index in [0.29, 0.717) is 21.0 Å². The second-order valence-corrected chi connectivity index (χ2v) is 7.33. The molecule has 25 heavy (non-hydrogen) atoms. The molecule has 0 spiro atoms. The SMILES string of the molecule is CC(C)(C)OC(=O)Nc1nc2ccc(-c3ccc(C#N)cc3)nc2s1. The molecule has 0 saturated carbocycles. The Hall–Kier alpha value is -2.98. The van der Waals surface area contributed by atoms with Crippen LogP contribution in [0.1, 0.15) is 26.3 Å². The van der Waals surface area contributed by atoms with Crippen molar-refractivity contribution in [3.05, 3.63) is 42.0 Å². The van der Waals surface area contributed by atoms with E-state index in [1.54, 1.807) is 32.9 Å². The summed E-state index contributed by atoms with van der Waals surface area (Å²) >= 11 is 1.28. The molecule has 2 aromatic heterocycles. The number of nitrogens with one attached hydrogen (secondary N) is 1. The quantitative estimate of drug-likeness (QED) is 0.729. The number of nitrogens with zero attached hydrogens (tertiary/aromatic N) is 3. The summed E-state index contributed by atoms with van der Waals surface area (Å²) in [6.07, 6.45) is -0.543. The summed E-state index contributed by atoms with van der Waals surface area (Å²) in [6, 6.07) is 13.0. The molecule has 0 saturated heterocycles. The monoisotopic (exact) mass is 352 g/mol. The molecule has 2 heterocycles. The Morgan fingerprint density at radius 2 is 1.88 bits per heavy atom. The normalized spacial score (nSPS) is 11.1. The Morgan fingerprint density at radius 3 is 2.52 bits per heavy atom. The van der Waals surface area contributed by atoms with Crippen LogP contribution in [-0.4, -0.2) is 21.7 Å². The number of aromatic nitrogens is 2. The third-order valence-electron chi connectivity index (χ3n) is 3.17. The van der Waals surface area contributed by atoms with E-state index in [4.69, 9.17) is 10.00 Å². The van der Waals surface area contributed by atoms with Gasteiger partial charge < -0.3 is 4.74 Å². The van der Waals surface area contributed by atoms with Crippen LogP contribution in [0.2, 0.25) is 0 Å². The van der Waals surface area contributed by atoms with Crippen LogP contribution in [0.25, 0.3) is 21.6 Å². The molecule has 0 aliphatic rings. The van der Waals surface area contributed by atoms with Gasteiger partial charge in [0.05, 0.1) is 17.3 Å². The third kappa shape index (κ3) is 4.11. The Balaban J connectivity index is 1.84. The Bertz CT molecular complexity index is 965. The molecule has 6 nitrogen and oxygen atoms in total. The molecule has 0 aliphatic carbocycles. The molecule has 1 N–H and O–H groups in total. The van der Waals surface area contributed by atoms with Crippen LogP contribution in [0.5, 0.6) is 0 Å². The van der Waals surface area contributed by atoms with Crippen molar-refractivity contribution in [3.8, 4) is 17.3 Å². The number of fused-ring (bicyclic) bond motifs is 1. The van der Waals surface area contributed by atoms with Gasteiger partial charge in [-0.3, -0.25) is 5.32 Å². The Morgan fingerprint density at radius 1 is 1.16 bits per heavy atom. The molecule has 0 aliphatic heterocycles. The fourth-order valence-electron chi connectivity index (χ4n) is 2.14. The number of carbonyl (C=O) groups excluding carboxylic acids is 1. The highest BCUT2D eigenvalue weighted by molar-refractivity contribution is 7.21. The van der Waals surface area contributed by atoms with Crippen LogP contribution in [0, 0.1) is 11.3 Å². The number of nitriles is 1. The largest absolute Gasteiger partial charge is 0.444 e. The van der Waals surface area contributed by atoms with Gasteiger partial charge in [0.1, 0.15) is 15.9 Å². The lowest BCUT2D eigenvalue weighted by molar-refractivity contribution is 0.0636. The first-order chi connectivity index (χ1) is 11.8. The first kappa shape index (κ1) is 16.9. The Labute approximate surface area is 149 Å². The van der Waals surface area contributed by atoms with Gasteiger partial charge >= 0.3 is 6.09 Å². The minimum absolute atomic E-state index is 0.439. The van der Waals surface area contributed by atoms with Gasteiger partial charge in [-0.15, -0.1) is 0 Å². The van der Waals surface area contributed by atoms with E-state index < -0.39 is 11.7 Å². The molecule has 0 atom stereocenters. The van der Waals surface area contributed by atoms with Crippen molar-refractivity contribution in [2.24, 2.45) is 0 Å². The first-order valence-electron chi connectivity index (χ1n) is 7.62. The predicted octanol–water partition coefficient (Wildman–Crippen LogP) is 4.58. The van der Waals surface area contributed by atoms with Gasteiger partial charge in [0.25, 0.3) is 0 Å². The van der Waals surface area contributed by atoms with Crippen LogP contribution in [-0.2, 0) is 4.74 Å². The van der Waals surface area contributed by atoms with Crippen molar-refractivity contribution < 1.29 is 9.53 Å². The van der Waals surface area contributed by atoms with Gasteiger partial charge in [-0.25, -0.2) is 14.8 Å². The van der Waals surface area contributed by atoms with E-state index >= 15 is 0 Å². The van der Waals surface area contributed by atoms with E-state index in [1.807, 2.05) is 24.3 Å². The number of rotatable bonds is 2. The van der Waals surface area contributed by atoms with Gasteiger partial charge in [0.2, 0.25) is 0 Å². The van der Waals surface area contributed by atoms with Crippen LogP contribution in [0.3, 0.4) is 0 Å². The number of hydrogen-bond acceptors (Lipinski definition) is 6. The van der Waals surface area contributed by atoms with Crippen molar-refractivity contribution in [1.29, 1.82) is 5.26 Å². The molecule has 0 bridgehead atoms. The first-order valence-corrected chi connectivity index (χ1v) is 8.44. The zero-order valence-electron chi connectivity index (χ0n) is 14.0. The van der Waals surface area contributed by atoms with Gasteiger partial charge in [0.15, 0.2) is 5.13 Å². The predicted molar refractivity (Wildman–Crippen MR) is 97.4 cm³/mol. The minimum Gasteiger partial charge on any atom is -0.444 e. The number of ether oxygens (including phenoxy) is 1. The van der Waals surface area contributed by atoms with Gasteiger partial charge in [-0.05, 0) is 45.0 Å². The molecule has 1 aromatic carbocycles. The summed E-state index contributed by atoms with van der Waals surface area (Å²) in [5, 5.41) is 11.9. The summed E-state index contributed by atoms with van der Waals surface area (Å²) in [5.41, 5.74) is 2.43. The summed E-state index contributed by atoms with van der Waals surface area (Å²) in [7, 11) is 0. The highest BCUT2D eigenvalue weighted by atomic mass is 32.1. The maximum Gasteiger partial charge on any atom is 0.413 e. The molecule has 3 aromatic rings. The van der Waals surface area contributed by atoms with Crippen LogP contribution < -0.4 is 5.32 Å². The van der Waals surface area contributed by atoms with Gasteiger partial charge in [-0.1, -0.05) is 23.5 Å². The molecule has 0 fully saturated rings. The van der Waals surface area contributed by atoms with E-state index in [-0.39, 0.29) is 0 Å². The second kappa shape index (κ2) is 6.49. The average molecular weight is 352 g/mol. The van der Waals surface area contributed by atoms with Crippen molar-refractivity contribution >= 4 is 32.9 Å². The summed E-state index contributed by atoms with van der Waals surface area (Å²) < 4.78 is 5.22. The van der Waals surface area contributed by atoms with Crippen molar-refractivity contribution in [2.45, 2.75) is 26.4 Å². The average Bonchev–Trinajstić information content (AvgIpc) is 2.94. The number of pyridine rings is 1. The van der Waals surface area contributed by atoms with E-state index in [9.17, 15) is 4.79 Å². The highest BCUT2D eigenvalue weighted by Crippen LogP contribution is 2.28. The molecule has 0 unspecified atom stereocenters. The van der Waals surface area contributed by atoms with E-state index in [2.05, 4.69) is 21.4 Å². The zero-order chi connectivity index (χ0) is 18.0. The second-order valence-electron chi connectivity index (χ2n) is 6.36. The lowest BCUT2D eigenvalue weighted by atomic mass is 10.1. The third-order valence-corrected chi connectivity index (χ3v) is 4.05. The number of amides is 1. The lowest BCUT2D eigenvalue weighted by Crippen LogP contribution is -2.27. The fraction of sp³-hybridized carbons (Fsp3) is 0.222.